The van der Waals surface area contributed by atoms with Crippen LogP contribution in [0.1, 0.15) is 49.9 Å². The number of para-hydroxylation sites is 2. The van der Waals surface area contributed by atoms with Crippen LogP contribution >= 0.6 is 0 Å². The molecule has 8 nitrogen and oxygen atoms in total. The molecule has 0 spiro atoms. The molecule has 0 saturated carbocycles. The predicted octanol–water partition coefficient (Wildman–Crippen LogP) is 18.1. The van der Waals surface area contributed by atoms with Gasteiger partial charge in [-0.15, -0.1) is 0 Å². The van der Waals surface area contributed by atoms with Gasteiger partial charge in [0.2, 0.25) is 0 Å². The standard InChI is InChI=1S/C68H42N4O4/c1-67(2)46-18-11-29-69-59(46)61-48(67)25-27-50(71-61)37-14-9-13-35(31-37)42-33-45-56-38(17-10-22-54(56)75-66(45)57-40-16-6-8-21-53(40)74-63(42)57)36-23-24-41-55(32-36)76-65-44(34-43-39-15-5-7-20-52(39)73-64(43)58(41)65)51-28-26-49-62(72-51)60-47(68(49,3)4)19-12-30-70-60/h5-34H,1-4H3. The number of pyridine rings is 4. The minimum Gasteiger partial charge on any atom is -0.455 e. The van der Waals surface area contributed by atoms with E-state index in [4.69, 9.17) is 37.6 Å². The van der Waals surface area contributed by atoms with Crippen LogP contribution in [0.2, 0.25) is 0 Å². The summed E-state index contributed by atoms with van der Waals surface area (Å²) in [5.41, 5.74) is 21.8. The van der Waals surface area contributed by atoms with Gasteiger partial charge in [-0.1, -0.05) is 125 Å². The molecule has 2 aliphatic rings. The van der Waals surface area contributed by atoms with E-state index in [1.165, 1.54) is 16.7 Å². The molecule has 0 radical (unpaired) electrons. The highest BCUT2D eigenvalue weighted by atomic mass is 16.4. The lowest BCUT2D eigenvalue weighted by atomic mass is 9.83. The number of hydrogen-bond donors (Lipinski definition) is 0. The Morgan fingerprint density at radius 1 is 0.316 bits per heavy atom. The van der Waals surface area contributed by atoms with Gasteiger partial charge < -0.3 is 17.7 Å². The van der Waals surface area contributed by atoms with Gasteiger partial charge in [0.15, 0.2) is 0 Å². The number of hydrogen-bond acceptors (Lipinski definition) is 8. The molecule has 17 rings (SSSR count). The lowest BCUT2D eigenvalue weighted by Gasteiger charge is -2.20. The highest BCUT2D eigenvalue weighted by molar-refractivity contribution is 6.28. The van der Waals surface area contributed by atoms with Gasteiger partial charge in [-0.3, -0.25) is 9.97 Å². The second-order valence-electron chi connectivity index (χ2n) is 21.6. The number of fused-ring (bicyclic) bond motifs is 20. The van der Waals surface area contributed by atoms with Crippen molar-refractivity contribution in [2.24, 2.45) is 0 Å². The summed E-state index contributed by atoms with van der Waals surface area (Å²) in [7, 11) is 0. The molecule has 0 fully saturated rings. The smallest absolute Gasteiger partial charge is 0.148 e. The number of furan rings is 4. The van der Waals surface area contributed by atoms with E-state index in [2.05, 4.69) is 161 Å². The van der Waals surface area contributed by atoms with Gasteiger partial charge in [0.25, 0.3) is 0 Å². The quantitative estimate of drug-likeness (QED) is 0.172. The molecule has 7 aromatic carbocycles. The Bertz CT molecular complexity index is 5080. The first-order chi connectivity index (χ1) is 37.2. The van der Waals surface area contributed by atoms with Crippen LogP contribution in [0.25, 0.3) is 155 Å². The Balaban J connectivity index is 0.863. The summed E-state index contributed by atoms with van der Waals surface area (Å²) in [6.45, 7) is 8.99. The van der Waals surface area contributed by atoms with Crippen molar-refractivity contribution in [2.75, 3.05) is 0 Å². The van der Waals surface area contributed by atoms with Gasteiger partial charge >= 0.3 is 0 Å². The molecule has 0 bridgehead atoms. The Kier molecular flexibility index (Phi) is 8.00. The van der Waals surface area contributed by atoms with Gasteiger partial charge in [-0.05, 0) is 112 Å². The first-order valence-corrected chi connectivity index (χ1v) is 25.8. The summed E-state index contributed by atoms with van der Waals surface area (Å²) >= 11 is 0. The van der Waals surface area contributed by atoms with E-state index >= 15 is 0 Å². The molecule has 8 aromatic heterocycles. The maximum Gasteiger partial charge on any atom is 0.148 e. The number of rotatable bonds is 4. The van der Waals surface area contributed by atoms with E-state index in [1.54, 1.807) is 0 Å². The fourth-order valence-corrected chi connectivity index (χ4v) is 13.0. The molecule has 0 N–H and O–H groups in total. The molecule has 2 aliphatic carbocycles. The van der Waals surface area contributed by atoms with Gasteiger partial charge in [0, 0.05) is 72.2 Å². The Morgan fingerprint density at radius 2 is 0.855 bits per heavy atom. The van der Waals surface area contributed by atoms with Crippen molar-refractivity contribution >= 4 is 87.8 Å². The molecular weight excluding hydrogens is 937 g/mol. The molecule has 15 aromatic rings. The average Bonchev–Trinajstić information content (AvgIpc) is 4.41. The molecule has 0 atom stereocenters. The largest absolute Gasteiger partial charge is 0.455 e. The van der Waals surface area contributed by atoms with Crippen LogP contribution in [0.5, 0.6) is 0 Å². The molecule has 0 aliphatic heterocycles. The third-order valence-corrected chi connectivity index (χ3v) is 16.8. The fourth-order valence-electron chi connectivity index (χ4n) is 13.0. The van der Waals surface area contributed by atoms with Crippen LogP contribution in [0.4, 0.5) is 0 Å². The van der Waals surface area contributed by atoms with Crippen molar-refractivity contribution in [1.82, 2.24) is 19.9 Å². The predicted molar refractivity (Wildman–Crippen MR) is 304 cm³/mol. The monoisotopic (exact) mass is 978 g/mol. The zero-order chi connectivity index (χ0) is 50.3. The van der Waals surface area contributed by atoms with Crippen LogP contribution in [-0.2, 0) is 10.8 Å². The Labute approximate surface area is 433 Å². The lowest BCUT2D eigenvalue weighted by molar-refractivity contribution is 0.657. The topological polar surface area (TPSA) is 104 Å². The molecule has 0 amide bonds. The summed E-state index contributed by atoms with van der Waals surface area (Å²) in [6.07, 6.45) is 3.71. The second kappa shape index (κ2) is 14.6. The third kappa shape index (κ3) is 5.46. The first kappa shape index (κ1) is 41.8. The van der Waals surface area contributed by atoms with E-state index < -0.39 is 0 Å². The highest BCUT2D eigenvalue weighted by Gasteiger charge is 2.39. The number of nitrogens with zero attached hydrogens (tertiary/aromatic N) is 4. The maximum atomic E-state index is 7.13. The molecular formula is C68H42N4O4. The summed E-state index contributed by atoms with van der Waals surface area (Å²) in [5, 5.41) is 7.85. The van der Waals surface area contributed by atoms with Crippen molar-refractivity contribution in [2.45, 2.75) is 38.5 Å². The summed E-state index contributed by atoms with van der Waals surface area (Å²) in [5.74, 6) is 0. The first-order valence-electron chi connectivity index (χ1n) is 25.8. The normalized spacial score (nSPS) is 14.3. The van der Waals surface area contributed by atoms with E-state index in [1.807, 2.05) is 48.8 Å². The third-order valence-electron chi connectivity index (χ3n) is 16.8. The summed E-state index contributed by atoms with van der Waals surface area (Å²) in [6, 6.07) is 59.4. The summed E-state index contributed by atoms with van der Waals surface area (Å²) < 4.78 is 27.7. The average molecular weight is 979 g/mol. The minimum absolute atomic E-state index is 0.185. The lowest BCUT2D eigenvalue weighted by Crippen LogP contribution is -2.15. The van der Waals surface area contributed by atoms with Gasteiger partial charge in [-0.25, -0.2) is 9.97 Å². The number of aromatic nitrogens is 4. The van der Waals surface area contributed by atoms with Crippen molar-refractivity contribution < 1.29 is 17.7 Å². The van der Waals surface area contributed by atoms with E-state index in [0.29, 0.717) is 0 Å². The maximum absolute atomic E-state index is 7.13. The fraction of sp³-hybridized carbons (Fsp3) is 0.0882. The SMILES string of the molecule is CC1(C)c2cccnc2-c2nc(-c3cccc(-c4cc5c(oc6cccc(-c7ccc8c(c7)oc7c(-c9ccc%10c(n9)-c9ncccc9C%10(C)C)cc9c%10ccccc%10oc9c78)c65)c5c4oc4ccccc45)c3)ccc21. The molecule has 76 heavy (non-hydrogen) atoms. The Morgan fingerprint density at radius 3 is 1.62 bits per heavy atom. The van der Waals surface area contributed by atoms with Crippen LogP contribution in [0.15, 0.2) is 200 Å². The second-order valence-corrected chi connectivity index (χ2v) is 21.6. The number of benzene rings is 7. The van der Waals surface area contributed by atoms with Crippen LogP contribution < -0.4 is 0 Å². The van der Waals surface area contributed by atoms with Crippen LogP contribution in [-0.4, -0.2) is 19.9 Å². The van der Waals surface area contributed by atoms with Crippen molar-refractivity contribution in [3.05, 3.63) is 205 Å². The van der Waals surface area contributed by atoms with E-state index in [0.717, 1.165) is 161 Å². The minimum atomic E-state index is -0.223. The van der Waals surface area contributed by atoms with Crippen molar-refractivity contribution in [1.29, 1.82) is 0 Å². The van der Waals surface area contributed by atoms with Gasteiger partial charge in [0.1, 0.15) is 44.7 Å². The zero-order valence-electron chi connectivity index (χ0n) is 41.7. The zero-order valence-corrected chi connectivity index (χ0v) is 41.7. The van der Waals surface area contributed by atoms with E-state index in [-0.39, 0.29) is 10.8 Å². The molecule has 0 saturated heterocycles. The van der Waals surface area contributed by atoms with Crippen molar-refractivity contribution in [3.63, 3.8) is 0 Å². The van der Waals surface area contributed by atoms with E-state index in [9.17, 15) is 0 Å². The molecule has 8 heterocycles. The molecule has 0 unspecified atom stereocenters. The summed E-state index contributed by atoms with van der Waals surface area (Å²) in [4.78, 5) is 20.4. The highest BCUT2D eigenvalue weighted by Crippen LogP contribution is 2.52. The van der Waals surface area contributed by atoms with Gasteiger partial charge in [-0.2, -0.15) is 0 Å². The molecule has 8 heteroatoms. The van der Waals surface area contributed by atoms with Gasteiger partial charge in [0.05, 0.1) is 44.9 Å². The van der Waals surface area contributed by atoms with Crippen LogP contribution in [0.3, 0.4) is 0 Å². The van der Waals surface area contributed by atoms with Crippen LogP contribution in [0, 0.1) is 0 Å². The van der Waals surface area contributed by atoms with Crippen molar-refractivity contribution in [3.8, 4) is 67.5 Å². The molecule has 358 valence electrons. The Hall–Kier alpha value is -9.66.